The van der Waals surface area contributed by atoms with E-state index in [9.17, 15) is 0 Å². The quantitative estimate of drug-likeness (QED) is 0.797. The molecule has 0 radical (unpaired) electrons. The first-order valence-electron chi connectivity index (χ1n) is 6.83. The van der Waals surface area contributed by atoms with E-state index in [-0.39, 0.29) is 0 Å². The van der Waals surface area contributed by atoms with Gasteiger partial charge in [-0.15, -0.1) is 11.3 Å². The van der Waals surface area contributed by atoms with Crippen LogP contribution in [0.4, 0.5) is 11.6 Å². The molecule has 0 aliphatic carbocycles. The van der Waals surface area contributed by atoms with Gasteiger partial charge >= 0.3 is 0 Å². The van der Waals surface area contributed by atoms with Gasteiger partial charge in [0.05, 0.1) is 6.54 Å². The second kappa shape index (κ2) is 7.14. The lowest BCUT2D eigenvalue weighted by Crippen LogP contribution is -2.05. The minimum absolute atomic E-state index is 0.852. The Hall–Kier alpha value is -1.55. The van der Waals surface area contributed by atoms with Crippen LogP contribution in [0.25, 0.3) is 0 Å². The minimum Gasteiger partial charge on any atom is -0.370 e. The molecule has 2 N–H and O–H groups in total. The monoisotopic (exact) mass is 275 g/mol. The van der Waals surface area contributed by atoms with E-state index in [1.807, 2.05) is 18.2 Å². The summed E-state index contributed by atoms with van der Waals surface area (Å²) in [7, 11) is 0. The van der Waals surface area contributed by atoms with E-state index < -0.39 is 0 Å². The molecule has 19 heavy (non-hydrogen) atoms. The van der Waals surface area contributed by atoms with Gasteiger partial charge in [-0.3, -0.25) is 0 Å². The van der Waals surface area contributed by atoms with Crippen LogP contribution in [0.2, 0.25) is 0 Å². The number of nitrogens with zero attached hydrogens (tertiary/aromatic N) is 1. The summed E-state index contributed by atoms with van der Waals surface area (Å²) in [5.41, 5.74) is 1.43. The number of aryl methyl sites for hydroxylation is 1. The normalized spacial score (nSPS) is 10.4. The molecular formula is C15H21N3S. The number of hydrogen-bond donors (Lipinski definition) is 2. The molecule has 0 fully saturated rings. The zero-order chi connectivity index (χ0) is 13.5. The predicted octanol–water partition coefficient (Wildman–Crippen LogP) is 4.14. The third-order valence-electron chi connectivity index (χ3n) is 2.95. The van der Waals surface area contributed by atoms with E-state index in [4.69, 9.17) is 0 Å². The molecule has 0 bridgehead atoms. The van der Waals surface area contributed by atoms with Crippen molar-refractivity contribution < 1.29 is 0 Å². The zero-order valence-corrected chi connectivity index (χ0v) is 12.4. The first-order chi connectivity index (χ1) is 9.33. The van der Waals surface area contributed by atoms with Crippen molar-refractivity contribution in [1.29, 1.82) is 0 Å². The van der Waals surface area contributed by atoms with E-state index in [1.165, 1.54) is 10.4 Å². The lowest BCUT2D eigenvalue weighted by atomic mass is 10.2. The van der Waals surface area contributed by atoms with E-state index in [1.54, 1.807) is 11.3 Å². The Bertz CT molecular complexity index is 508. The number of thiophene rings is 1. The van der Waals surface area contributed by atoms with Crippen LogP contribution in [0.15, 0.2) is 29.6 Å². The average molecular weight is 275 g/mol. The Morgan fingerprint density at radius 2 is 1.89 bits per heavy atom. The summed E-state index contributed by atoms with van der Waals surface area (Å²) in [5, 5.41) is 8.86. The highest BCUT2D eigenvalue weighted by molar-refractivity contribution is 7.10. The molecule has 2 rings (SSSR count). The summed E-state index contributed by atoms with van der Waals surface area (Å²) in [6.45, 7) is 6.16. The van der Waals surface area contributed by atoms with Crippen molar-refractivity contribution in [2.24, 2.45) is 0 Å². The Kier molecular flexibility index (Phi) is 5.21. The van der Waals surface area contributed by atoms with Crippen molar-refractivity contribution in [2.75, 3.05) is 17.2 Å². The Balaban J connectivity index is 1.95. The fourth-order valence-electron chi connectivity index (χ4n) is 1.89. The molecule has 0 unspecified atom stereocenters. The van der Waals surface area contributed by atoms with Crippen LogP contribution in [0.3, 0.4) is 0 Å². The second-order valence-electron chi connectivity index (χ2n) is 4.41. The van der Waals surface area contributed by atoms with E-state index in [2.05, 4.69) is 40.9 Å². The smallest absolute Gasteiger partial charge is 0.128 e. The first-order valence-corrected chi connectivity index (χ1v) is 7.71. The van der Waals surface area contributed by atoms with Gasteiger partial charge < -0.3 is 10.6 Å². The highest BCUT2D eigenvalue weighted by Gasteiger charge is 2.03. The molecule has 2 aromatic rings. The molecular weight excluding hydrogens is 254 g/mol. The van der Waals surface area contributed by atoms with Crippen molar-refractivity contribution >= 4 is 23.0 Å². The van der Waals surface area contributed by atoms with E-state index in [0.29, 0.717) is 0 Å². The summed E-state index contributed by atoms with van der Waals surface area (Å²) in [4.78, 5) is 5.95. The van der Waals surface area contributed by atoms with Gasteiger partial charge in [0.25, 0.3) is 0 Å². The fourth-order valence-corrected chi connectivity index (χ4v) is 2.81. The third kappa shape index (κ3) is 3.96. The number of anilines is 2. The highest BCUT2D eigenvalue weighted by atomic mass is 32.1. The maximum atomic E-state index is 4.55. The molecule has 0 spiro atoms. The van der Waals surface area contributed by atoms with Crippen LogP contribution in [0, 0.1) is 0 Å². The number of hydrogen-bond acceptors (Lipinski definition) is 4. The summed E-state index contributed by atoms with van der Waals surface area (Å²) in [6.07, 6.45) is 2.19. The van der Waals surface area contributed by atoms with Crippen molar-refractivity contribution in [1.82, 2.24) is 4.98 Å². The minimum atomic E-state index is 0.852. The van der Waals surface area contributed by atoms with Crippen LogP contribution in [-0.4, -0.2) is 11.5 Å². The molecule has 0 aliphatic heterocycles. The van der Waals surface area contributed by atoms with Crippen LogP contribution in [0.5, 0.6) is 0 Å². The van der Waals surface area contributed by atoms with Crippen LogP contribution in [-0.2, 0) is 13.0 Å². The molecule has 0 aromatic carbocycles. The summed E-state index contributed by atoms with van der Waals surface area (Å²) >= 11 is 1.81. The van der Waals surface area contributed by atoms with E-state index in [0.717, 1.165) is 37.6 Å². The van der Waals surface area contributed by atoms with Gasteiger partial charge in [-0.1, -0.05) is 19.9 Å². The van der Waals surface area contributed by atoms with Crippen molar-refractivity contribution in [3.05, 3.63) is 40.1 Å². The molecule has 2 heterocycles. The fraction of sp³-hybridized carbons (Fsp3) is 0.400. The molecule has 0 amide bonds. The van der Waals surface area contributed by atoms with Crippen molar-refractivity contribution in [3.8, 4) is 0 Å². The molecule has 0 saturated carbocycles. The lowest BCUT2D eigenvalue weighted by Gasteiger charge is -2.08. The van der Waals surface area contributed by atoms with Gasteiger partial charge in [0.1, 0.15) is 11.6 Å². The summed E-state index contributed by atoms with van der Waals surface area (Å²) < 4.78 is 0. The number of pyridine rings is 1. The lowest BCUT2D eigenvalue weighted by molar-refractivity contribution is 0.968. The van der Waals surface area contributed by atoms with Crippen LogP contribution >= 0.6 is 11.3 Å². The van der Waals surface area contributed by atoms with Gasteiger partial charge in [-0.25, -0.2) is 4.98 Å². The molecule has 0 aliphatic rings. The standard InChI is InChI=1S/C15H21N3S/c1-3-9-16-14-6-5-7-15(18-14)17-11-13-12(4-2)8-10-19-13/h5-8,10H,3-4,9,11H2,1-2H3,(H2,16,17,18). The Morgan fingerprint density at radius 1 is 1.11 bits per heavy atom. The predicted molar refractivity (Wildman–Crippen MR) is 84.0 cm³/mol. The van der Waals surface area contributed by atoms with Crippen molar-refractivity contribution in [3.63, 3.8) is 0 Å². The Morgan fingerprint density at radius 3 is 2.63 bits per heavy atom. The molecule has 0 saturated heterocycles. The molecule has 3 nitrogen and oxygen atoms in total. The van der Waals surface area contributed by atoms with Crippen molar-refractivity contribution in [2.45, 2.75) is 33.2 Å². The third-order valence-corrected chi connectivity index (χ3v) is 3.92. The topological polar surface area (TPSA) is 37.0 Å². The van der Waals surface area contributed by atoms with Gasteiger partial charge in [0.2, 0.25) is 0 Å². The summed E-state index contributed by atoms with van der Waals surface area (Å²) in [6, 6.07) is 8.25. The summed E-state index contributed by atoms with van der Waals surface area (Å²) in [5.74, 6) is 1.87. The van der Waals surface area contributed by atoms with Crippen LogP contribution in [0.1, 0.15) is 30.7 Å². The molecule has 4 heteroatoms. The molecule has 0 atom stereocenters. The molecule has 102 valence electrons. The van der Waals surface area contributed by atoms with Gasteiger partial charge in [0.15, 0.2) is 0 Å². The number of nitrogens with one attached hydrogen (secondary N) is 2. The largest absolute Gasteiger partial charge is 0.370 e. The van der Waals surface area contributed by atoms with Gasteiger partial charge in [0, 0.05) is 11.4 Å². The number of aromatic nitrogens is 1. The molecule has 2 aromatic heterocycles. The maximum absolute atomic E-state index is 4.55. The Labute approximate surface area is 119 Å². The highest BCUT2D eigenvalue weighted by Crippen LogP contribution is 2.19. The van der Waals surface area contributed by atoms with Gasteiger partial charge in [-0.05, 0) is 42.0 Å². The second-order valence-corrected chi connectivity index (χ2v) is 5.41. The zero-order valence-electron chi connectivity index (χ0n) is 11.6. The maximum Gasteiger partial charge on any atom is 0.128 e. The average Bonchev–Trinajstić information content (AvgIpc) is 2.91. The van der Waals surface area contributed by atoms with Crippen LogP contribution < -0.4 is 10.6 Å². The SMILES string of the molecule is CCCNc1cccc(NCc2sccc2CC)n1. The number of rotatable bonds is 7. The first kappa shape index (κ1) is 13.9. The van der Waals surface area contributed by atoms with E-state index >= 15 is 0 Å². The van der Waals surface area contributed by atoms with Gasteiger partial charge in [-0.2, -0.15) is 0 Å².